The highest BCUT2D eigenvalue weighted by Crippen LogP contribution is 2.26. The van der Waals surface area contributed by atoms with Crippen LogP contribution in [0.3, 0.4) is 0 Å². The van der Waals surface area contributed by atoms with Gasteiger partial charge in [-0.1, -0.05) is 6.42 Å². The average Bonchev–Trinajstić information content (AvgIpc) is 2.15. The van der Waals surface area contributed by atoms with Crippen LogP contribution in [-0.4, -0.2) is 57.7 Å². The van der Waals surface area contributed by atoms with Gasteiger partial charge in [-0.2, -0.15) is 0 Å². The largest absolute Gasteiger partial charge is 0.389 e. The number of rotatable bonds is 0. The molecule has 2 aliphatic rings. The molecule has 4 nitrogen and oxygen atoms in total. The molecular weight excluding hydrogens is 170 g/mol. The van der Waals surface area contributed by atoms with Crippen molar-refractivity contribution in [1.82, 2.24) is 4.90 Å². The van der Waals surface area contributed by atoms with Crippen molar-refractivity contribution in [2.75, 3.05) is 13.1 Å². The zero-order valence-electron chi connectivity index (χ0n) is 7.63. The van der Waals surface area contributed by atoms with Gasteiger partial charge < -0.3 is 15.3 Å². The van der Waals surface area contributed by atoms with Crippen LogP contribution in [0.25, 0.3) is 0 Å². The van der Waals surface area contributed by atoms with Crippen LogP contribution < -0.4 is 0 Å². The zero-order chi connectivity index (χ0) is 9.42. The van der Waals surface area contributed by atoms with E-state index in [1.165, 1.54) is 0 Å². The molecule has 2 saturated heterocycles. The number of piperidine rings is 2. The van der Waals surface area contributed by atoms with Gasteiger partial charge in [0.2, 0.25) is 0 Å². The number of aliphatic hydroxyl groups is 3. The summed E-state index contributed by atoms with van der Waals surface area (Å²) in [4.78, 5) is 2.09. The Bertz CT molecular complexity index is 186. The maximum absolute atomic E-state index is 9.69. The van der Waals surface area contributed by atoms with Crippen LogP contribution in [0.15, 0.2) is 0 Å². The summed E-state index contributed by atoms with van der Waals surface area (Å²) in [7, 11) is 0. The number of fused-ring (bicyclic) bond motifs is 1. The summed E-state index contributed by atoms with van der Waals surface area (Å²) in [6.45, 7) is 1.44. The molecule has 0 aromatic rings. The number of aliphatic hydroxyl groups excluding tert-OH is 3. The van der Waals surface area contributed by atoms with E-state index in [9.17, 15) is 15.3 Å². The molecule has 2 heterocycles. The molecule has 76 valence electrons. The van der Waals surface area contributed by atoms with Crippen LogP contribution in [0, 0.1) is 0 Å². The van der Waals surface area contributed by atoms with Crippen molar-refractivity contribution in [3.63, 3.8) is 0 Å². The molecule has 0 radical (unpaired) electrons. The normalized spacial score (nSPS) is 47.3. The van der Waals surface area contributed by atoms with Crippen molar-refractivity contribution in [3.05, 3.63) is 0 Å². The fraction of sp³-hybridized carbons (Fsp3) is 1.00. The molecule has 4 heteroatoms. The molecule has 0 saturated carbocycles. The predicted octanol–water partition coefficient (Wildman–Crippen LogP) is -1.06. The van der Waals surface area contributed by atoms with Gasteiger partial charge in [-0.25, -0.2) is 0 Å². The van der Waals surface area contributed by atoms with Crippen LogP contribution in [0.5, 0.6) is 0 Å². The van der Waals surface area contributed by atoms with Gasteiger partial charge in [-0.15, -0.1) is 0 Å². The summed E-state index contributed by atoms with van der Waals surface area (Å²) in [6.07, 6.45) is 0.658. The van der Waals surface area contributed by atoms with Crippen molar-refractivity contribution in [1.29, 1.82) is 0 Å². The summed E-state index contributed by atoms with van der Waals surface area (Å²) < 4.78 is 0. The van der Waals surface area contributed by atoms with Crippen LogP contribution in [0.4, 0.5) is 0 Å². The standard InChI is InChI=1S/C9H17NO3/c11-7-5-10-4-2-1-3-6(10)8(12)9(7)13/h6-9,11-13H,1-5H2. The summed E-state index contributed by atoms with van der Waals surface area (Å²) in [6, 6.07) is 0.0622. The summed E-state index contributed by atoms with van der Waals surface area (Å²) in [5.74, 6) is 0. The highest BCUT2D eigenvalue weighted by molar-refractivity contribution is 4.95. The second-order valence-corrected chi connectivity index (χ2v) is 4.11. The Kier molecular flexibility index (Phi) is 2.55. The fourth-order valence-corrected chi connectivity index (χ4v) is 2.43. The van der Waals surface area contributed by atoms with E-state index in [0.717, 1.165) is 25.8 Å². The van der Waals surface area contributed by atoms with Gasteiger partial charge in [0.25, 0.3) is 0 Å². The Morgan fingerprint density at radius 2 is 1.77 bits per heavy atom. The Balaban J connectivity index is 2.08. The van der Waals surface area contributed by atoms with Crippen molar-refractivity contribution in [3.8, 4) is 0 Å². The Hall–Kier alpha value is -0.160. The lowest BCUT2D eigenvalue weighted by atomic mass is 9.88. The summed E-state index contributed by atoms with van der Waals surface area (Å²) in [5.41, 5.74) is 0. The smallest absolute Gasteiger partial charge is 0.108 e. The van der Waals surface area contributed by atoms with Gasteiger partial charge in [0.05, 0.1) is 12.2 Å². The topological polar surface area (TPSA) is 63.9 Å². The molecule has 3 N–H and O–H groups in total. The summed E-state index contributed by atoms with van der Waals surface area (Å²) in [5, 5.41) is 28.6. The number of nitrogens with zero attached hydrogens (tertiary/aromatic N) is 1. The first kappa shape index (κ1) is 9.40. The Morgan fingerprint density at radius 3 is 2.54 bits per heavy atom. The first-order valence-electron chi connectivity index (χ1n) is 4.98. The van der Waals surface area contributed by atoms with E-state index in [0.29, 0.717) is 6.54 Å². The van der Waals surface area contributed by atoms with Gasteiger partial charge in [0, 0.05) is 12.6 Å². The Morgan fingerprint density at radius 1 is 1.00 bits per heavy atom. The third-order valence-electron chi connectivity index (χ3n) is 3.22. The molecule has 2 aliphatic heterocycles. The van der Waals surface area contributed by atoms with Gasteiger partial charge in [-0.3, -0.25) is 4.90 Å². The first-order chi connectivity index (χ1) is 6.20. The zero-order valence-corrected chi connectivity index (χ0v) is 7.63. The molecular formula is C9H17NO3. The molecule has 0 amide bonds. The van der Waals surface area contributed by atoms with Crippen LogP contribution in [-0.2, 0) is 0 Å². The summed E-state index contributed by atoms with van der Waals surface area (Å²) >= 11 is 0. The minimum absolute atomic E-state index is 0.0622. The molecule has 4 unspecified atom stereocenters. The van der Waals surface area contributed by atoms with Gasteiger partial charge >= 0.3 is 0 Å². The first-order valence-corrected chi connectivity index (χ1v) is 4.98. The molecule has 13 heavy (non-hydrogen) atoms. The molecule has 0 aromatic carbocycles. The maximum atomic E-state index is 9.69. The van der Waals surface area contributed by atoms with E-state index < -0.39 is 18.3 Å². The highest BCUT2D eigenvalue weighted by Gasteiger charge is 2.41. The minimum atomic E-state index is -0.959. The molecule has 2 rings (SSSR count). The lowest BCUT2D eigenvalue weighted by molar-refractivity contribution is -0.144. The third kappa shape index (κ3) is 1.59. The highest BCUT2D eigenvalue weighted by atomic mass is 16.4. The minimum Gasteiger partial charge on any atom is -0.389 e. The van der Waals surface area contributed by atoms with Gasteiger partial charge in [-0.05, 0) is 19.4 Å². The average molecular weight is 187 g/mol. The SMILES string of the molecule is OC1CN2CCCCC2C(O)C1O. The van der Waals surface area contributed by atoms with Crippen LogP contribution in [0.2, 0.25) is 0 Å². The van der Waals surface area contributed by atoms with E-state index in [1.54, 1.807) is 0 Å². The van der Waals surface area contributed by atoms with Crippen molar-refractivity contribution >= 4 is 0 Å². The van der Waals surface area contributed by atoms with E-state index in [4.69, 9.17) is 0 Å². The number of hydrogen-bond acceptors (Lipinski definition) is 4. The van der Waals surface area contributed by atoms with E-state index in [2.05, 4.69) is 4.90 Å². The maximum Gasteiger partial charge on any atom is 0.108 e. The lowest BCUT2D eigenvalue weighted by Crippen LogP contribution is -2.62. The molecule has 0 spiro atoms. The van der Waals surface area contributed by atoms with Crippen molar-refractivity contribution in [2.24, 2.45) is 0 Å². The quantitative estimate of drug-likeness (QED) is 0.452. The molecule has 0 aliphatic carbocycles. The second-order valence-electron chi connectivity index (χ2n) is 4.11. The molecule has 0 bridgehead atoms. The number of hydrogen-bond donors (Lipinski definition) is 3. The lowest BCUT2D eigenvalue weighted by Gasteiger charge is -2.46. The van der Waals surface area contributed by atoms with Gasteiger partial charge in [0.1, 0.15) is 6.10 Å². The van der Waals surface area contributed by atoms with Gasteiger partial charge in [0.15, 0.2) is 0 Å². The van der Waals surface area contributed by atoms with Crippen molar-refractivity contribution < 1.29 is 15.3 Å². The predicted molar refractivity (Wildman–Crippen MR) is 47.2 cm³/mol. The molecule has 2 fully saturated rings. The third-order valence-corrected chi connectivity index (χ3v) is 3.22. The van der Waals surface area contributed by atoms with Crippen molar-refractivity contribution in [2.45, 2.75) is 43.6 Å². The van der Waals surface area contributed by atoms with E-state index >= 15 is 0 Å². The second kappa shape index (κ2) is 3.53. The fourth-order valence-electron chi connectivity index (χ4n) is 2.43. The van der Waals surface area contributed by atoms with E-state index in [1.807, 2.05) is 0 Å². The van der Waals surface area contributed by atoms with Crippen LogP contribution >= 0.6 is 0 Å². The molecule has 4 atom stereocenters. The van der Waals surface area contributed by atoms with Crippen LogP contribution in [0.1, 0.15) is 19.3 Å². The molecule has 0 aromatic heterocycles. The van der Waals surface area contributed by atoms with E-state index in [-0.39, 0.29) is 6.04 Å². The monoisotopic (exact) mass is 187 g/mol. The Labute approximate surface area is 77.8 Å².